The van der Waals surface area contributed by atoms with E-state index in [0.717, 1.165) is 13.0 Å². The molecule has 0 amide bonds. The average Bonchev–Trinajstić information content (AvgIpc) is 2.36. The van der Waals surface area contributed by atoms with Gasteiger partial charge < -0.3 is 5.73 Å². The first-order valence-corrected chi connectivity index (χ1v) is 7.02. The van der Waals surface area contributed by atoms with Crippen molar-refractivity contribution < 1.29 is 4.57 Å². The zero-order valence-corrected chi connectivity index (χ0v) is 11.1. The van der Waals surface area contributed by atoms with Gasteiger partial charge >= 0.3 is 0 Å². The molecule has 17 heavy (non-hydrogen) atoms. The molecule has 0 aliphatic heterocycles. The molecular formula is C15H27N2+. The van der Waals surface area contributed by atoms with Crippen LogP contribution in [-0.2, 0) is 6.54 Å². The minimum Gasteiger partial charge on any atom is -0.328 e. The highest BCUT2D eigenvalue weighted by Gasteiger charge is 2.04. The zero-order chi connectivity index (χ0) is 12.3. The molecule has 0 saturated heterocycles. The normalized spacial score (nSPS) is 12.6. The van der Waals surface area contributed by atoms with Crippen molar-refractivity contribution >= 4 is 0 Å². The van der Waals surface area contributed by atoms with Gasteiger partial charge in [-0.25, -0.2) is 4.57 Å². The molecule has 0 saturated carbocycles. The number of unbranched alkanes of at least 4 members (excludes halogenated alkanes) is 3. The highest BCUT2D eigenvalue weighted by Crippen LogP contribution is 2.07. The van der Waals surface area contributed by atoms with Crippen molar-refractivity contribution in [1.29, 1.82) is 0 Å². The Hall–Kier alpha value is -0.890. The second-order valence-electron chi connectivity index (χ2n) is 4.86. The fourth-order valence-corrected chi connectivity index (χ4v) is 2.10. The van der Waals surface area contributed by atoms with Crippen molar-refractivity contribution in [2.75, 3.05) is 0 Å². The van der Waals surface area contributed by atoms with Crippen molar-refractivity contribution in [2.24, 2.45) is 5.73 Å². The predicted octanol–water partition coefficient (Wildman–Crippen LogP) is 3.05. The second kappa shape index (κ2) is 9.17. The molecular weight excluding hydrogens is 208 g/mol. The molecule has 2 N–H and O–H groups in total. The summed E-state index contributed by atoms with van der Waals surface area (Å²) < 4.78 is 2.23. The molecule has 1 aromatic rings. The first kappa shape index (κ1) is 14.2. The summed E-state index contributed by atoms with van der Waals surface area (Å²) in [5.74, 6) is 0. The number of hydrogen-bond donors (Lipinski definition) is 1. The topological polar surface area (TPSA) is 29.9 Å². The first-order chi connectivity index (χ1) is 8.33. The lowest BCUT2D eigenvalue weighted by atomic mass is 10.0. The Labute approximate surface area is 106 Å². The Bertz CT molecular complexity index is 272. The Morgan fingerprint density at radius 2 is 1.65 bits per heavy atom. The van der Waals surface area contributed by atoms with E-state index in [4.69, 9.17) is 5.73 Å². The van der Waals surface area contributed by atoms with Gasteiger partial charge in [-0.2, -0.15) is 0 Å². The Morgan fingerprint density at radius 3 is 2.35 bits per heavy atom. The van der Waals surface area contributed by atoms with Gasteiger partial charge in [0.1, 0.15) is 6.54 Å². The number of pyridine rings is 1. The molecule has 0 radical (unpaired) electrons. The summed E-state index contributed by atoms with van der Waals surface area (Å²) in [6, 6.07) is 6.60. The SMILES string of the molecule is CCCCCCC(N)CCC[n+]1ccccc1. The number of aromatic nitrogens is 1. The second-order valence-corrected chi connectivity index (χ2v) is 4.86. The highest BCUT2D eigenvalue weighted by atomic mass is 14.9. The van der Waals surface area contributed by atoms with E-state index in [9.17, 15) is 0 Å². The summed E-state index contributed by atoms with van der Waals surface area (Å²) in [7, 11) is 0. The molecule has 0 fully saturated rings. The molecule has 0 bridgehead atoms. The molecule has 1 aromatic heterocycles. The van der Waals surface area contributed by atoms with Crippen LogP contribution in [0.4, 0.5) is 0 Å². The van der Waals surface area contributed by atoms with Crippen LogP contribution in [0, 0.1) is 0 Å². The minimum atomic E-state index is 0.399. The number of aryl methyl sites for hydroxylation is 1. The first-order valence-electron chi connectivity index (χ1n) is 7.02. The molecule has 0 aromatic carbocycles. The van der Waals surface area contributed by atoms with E-state index in [1.807, 2.05) is 0 Å². The van der Waals surface area contributed by atoms with Crippen LogP contribution in [-0.4, -0.2) is 6.04 Å². The van der Waals surface area contributed by atoms with Crippen LogP contribution in [0.3, 0.4) is 0 Å². The molecule has 0 aliphatic carbocycles. The van der Waals surface area contributed by atoms with Crippen LogP contribution < -0.4 is 10.3 Å². The molecule has 2 nitrogen and oxygen atoms in total. The van der Waals surface area contributed by atoms with Crippen LogP contribution in [0.1, 0.15) is 51.9 Å². The third kappa shape index (κ3) is 7.11. The Kier molecular flexibility index (Phi) is 7.65. The molecule has 2 heteroatoms. The van der Waals surface area contributed by atoms with Crippen molar-refractivity contribution in [1.82, 2.24) is 0 Å². The third-order valence-electron chi connectivity index (χ3n) is 3.20. The van der Waals surface area contributed by atoms with Crippen molar-refractivity contribution in [2.45, 2.75) is 64.5 Å². The fourth-order valence-electron chi connectivity index (χ4n) is 2.10. The lowest BCUT2D eigenvalue weighted by Gasteiger charge is -2.09. The van der Waals surface area contributed by atoms with Gasteiger partial charge in [-0.05, 0) is 12.8 Å². The number of nitrogens with two attached hydrogens (primary N) is 1. The van der Waals surface area contributed by atoms with Gasteiger partial charge in [-0.15, -0.1) is 0 Å². The van der Waals surface area contributed by atoms with Crippen molar-refractivity contribution in [3.8, 4) is 0 Å². The summed E-state index contributed by atoms with van der Waals surface area (Å²) in [5, 5.41) is 0. The van der Waals surface area contributed by atoms with Gasteiger partial charge in [0.05, 0.1) is 0 Å². The average molecular weight is 235 g/mol. The summed E-state index contributed by atoms with van der Waals surface area (Å²) in [5.41, 5.74) is 6.11. The van der Waals surface area contributed by atoms with Gasteiger partial charge in [0.15, 0.2) is 12.4 Å². The van der Waals surface area contributed by atoms with E-state index >= 15 is 0 Å². The quantitative estimate of drug-likeness (QED) is 0.517. The van der Waals surface area contributed by atoms with E-state index in [0.29, 0.717) is 6.04 Å². The molecule has 96 valence electrons. The van der Waals surface area contributed by atoms with Crippen LogP contribution >= 0.6 is 0 Å². The van der Waals surface area contributed by atoms with E-state index in [1.54, 1.807) is 0 Å². The fraction of sp³-hybridized carbons (Fsp3) is 0.667. The van der Waals surface area contributed by atoms with Crippen molar-refractivity contribution in [3.63, 3.8) is 0 Å². The molecule has 0 aliphatic rings. The summed E-state index contributed by atoms with van der Waals surface area (Å²) >= 11 is 0. The Morgan fingerprint density at radius 1 is 0.941 bits per heavy atom. The maximum Gasteiger partial charge on any atom is 0.168 e. The highest BCUT2D eigenvalue weighted by molar-refractivity contribution is 4.83. The maximum absolute atomic E-state index is 6.11. The van der Waals surface area contributed by atoms with Crippen LogP contribution in [0.25, 0.3) is 0 Å². The van der Waals surface area contributed by atoms with Gasteiger partial charge in [0, 0.05) is 24.6 Å². The molecule has 1 heterocycles. The number of hydrogen-bond acceptors (Lipinski definition) is 1. The van der Waals surface area contributed by atoms with Gasteiger partial charge in [-0.1, -0.05) is 38.7 Å². The monoisotopic (exact) mass is 235 g/mol. The Balaban J connectivity index is 2.02. The lowest BCUT2D eigenvalue weighted by Crippen LogP contribution is -2.33. The number of nitrogens with zero attached hydrogens (tertiary/aromatic N) is 1. The van der Waals surface area contributed by atoms with Gasteiger partial charge in [-0.3, -0.25) is 0 Å². The van der Waals surface area contributed by atoms with Crippen molar-refractivity contribution in [3.05, 3.63) is 30.6 Å². The maximum atomic E-state index is 6.11. The van der Waals surface area contributed by atoms with E-state index in [2.05, 4.69) is 42.1 Å². The smallest absolute Gasteiger partial charge is 0.168 e. The third-order valence-corrected chi connectivity index (χ3v) is 3.20. The van der Waals surface area contributed by atoms with E-state index in [-0.39, 0.29) is 0 Å². The van der Waals surface area contributed by atoms with E-state index < -0.39 is 0 Å². The summed E-state index contributed by atoms with van der Waals surface area (Å²) in [4.78, 5) is 0. The zero-order valence-electron chi connectivity index (χ0n) is 11.1. The molecule has 1 unspecified atom stereocenters. The van der Waals surface area contributed by atoms with Crippen LogP contribution in [0.5, 0.6) is 0 Å². The lowest BCUT2D eigenvalue weighted by molar-refractivity contribution is -0.697. The van der Waals surface area contributed by atoms with Crippen LogP contribution in [0.15, 0.2) is 30.6 Å². The number of rotatable bonds is 9. The summed E-state index contributed by atoms with van der Waals surface area (Å²) in [6.45, 7) is 3.33. The molecule has 1 rings (SSSR count). The largest absolute Gasteiger partial charge is 0.328 e. The molecule has 0 spiro atoms. The minimum absolute atomic E-state index is 0.399. The molecule has 1 atom stereocenters. The summed E-state index contributed by atoms with van der Waals surface area (Å²) in [6.07, 6.45) is 13.1. The van der Waals surface area contributed by atoms with Crippen LogP contribution in [0.2, 0.25) is 0 Å². The standard InChI is InChI=1S/C15H27N2/c1-2-3-4-6-10-15(16)11-9-14-17-12-7-5-8-13-17/h5,7-8,12-13,15H,2-4,6,9-11,14,16H2,1H3/q+1. The van der Waals surface area contributed by atoms with Gasteiger partial charge in [0.2, 0.25) is 0 Å². The predicted molar refractivity (Wildman–Crippen MR) is 72.6 cm³/mol. The van der Waals surface area contributed by atoms with E-state index in [1.165, 1.54) is 38.5 Å². The van der Waals surface area contributed by atoms with Gasteiger partial charge in [0.25, 0.3) is 0 Å².